The van der Waals surface area contributed by atoms with Gasteiger partial charge in [0.15, 0.2) is 0 Å². The van der Waals surface area contributed by atoms with Crippen LogP contribution in [-0.4, -0.2) is 11.5 Å². The summed E-state index contributed by atoms with van der Waals surface area (Å²) in [7, 11) is 0. The fourth-order valence-corrected chi connectivity index (χ4v) is 2.03. The van der Waals surface area contributed by atoms with Gasteiger partial charge in [0.1, 0.15) is 11.9 Å². The molecule has 0 aromatic heterocycles. The van der Waals surface area contributed by atoms with E-state index in [2.05, 4.69) is 4.74 Å². The average molecular weight is 303 g/mol. The molecule has 2 rings (SSSR count). The molecule has 0 saturated heterocycles. The molecule has 0 aliphatic rings. The van der Waals surface area contributed by atoms with Crippen LogP contribution in [0.3, 0.4) is 0 Å². The van der Waals surface area contributed by atoms with Gasteiger partial charge in [-0.2, -0.15) is 0 Å². The first-order valence-electron chi connectivity index (χ1n) is 5.65. The highest BCUT2D eigenvalue weighted by molar-refractivity contribution is 6.31. The van der Waals surface area contributed by atoms with Crippen LogP contribution in [0.15, 0.2) is 48.5 Å². The lowest BCUT2D eigenvalue weighted by Gasteiger charge is -2.18. The molecule has 1 N–H and O–H groups in total. The van der Waals surface area contributed by atoms with Crippen molar-refractivity contribution in [2.24, 2.45) is 0 Å². The maximum atomic E-state index is 12.3. The van der Waals surface area contributed by atoms with E-state index in [0.717, 1.165) is 6.07 Å². The molecule has 2 aromatic carbocycles. The normalized spacial score (nSPS) is 13.1. The van der Waals surface area contributed by atoms with E-state index in [0.29, 0.717) is 5.56 Å². The highest BCUT2D eigenvalue weighted by atomic mass is 35.5. The third-order valence-electron chi connectivity index (χ3n) is 2.64. The monoisotopic (exact) mass is 302 g/mol. The molecule has 0 aliphatic carbocycles. The molecule has 0 heterocycles. The number of hydrogen-bond donors (Lipinski definition) is 1. The molecule has 1 atom stereocenters. The molecule has 0 radical (unpaired) electrons. The van der Waals surface area contributed by atoms with Gasteiger partial charge in [0.25, 0.3) is 0 Å². The minimum absolute atomic E-state index is 0.00192. The van der Waals surface area contributed by atoms with Crippen molar-refractivity contribution in [1.82, 2.24) is 0 Å². The Hall–Kier alpha value is -1.72. The summed E-state index contributed by atoms with van der Waals surface area (Å²) in [6, 6.07) is 11.8. The zero-order valence-corrected chi connectivity index (χ0v) is 10.8. The summed E-state index contributed by atoms with van der Waals surface area (Å²) in [6.45, 7) is 0. The van der Waals surface area contributed by atoms with Crippen LogP contribution in [0.4, 0.5) is 13.2 Å². The summed E-state index contributed by atoms with van der Waals surface area (Å²) in [6.07, 6.45) is -6.13. The first-order chi connectivity index (χ1) is 9.38. The Kier molecular flexibility index (Phi) is 4.20. The first-order valence-corrected chi connectivity index (χ1v) is 6.03. The van der Waals surface area contributed by atoms with Gasteiger partial charge < -0.3 is 9.84 Å². The standard InChI is InChI=1S/C14H10ClF3O2/c15-11-7-3-1-5-9(11)13(19)10-6-2-4-8-12(10)20-14(16,17)18/h1-8,13,19H. The summed E-state index contributed by atoms with van der Waals surface area (Å²) in [5.74, 6) is -0.451. The topological polar surface area (TPSA) is 29.5 Å². The number of benzene rings is 2. The van der Waals surface area contributed by atoms with E-state index in [1.54, 1.807) is 18.2 Å². The van der Waals surface area contributed by atoms with Gasteiger partial charge in [-0.25, -0.2) is 0 Å². The van der Waals surface area contributed by atoms with E-state index in [-0.39, 0.29) is 10.6 Å². The van der Waals surface area contributed by atoms with Crippen molar-refractivity contribution in [3.63, 3.8) is 0 Å². The maximum Gasteiger partial charge on any atom is 0.573 e. The van der Waals surface area contributed by atoms with Crippen LogP contribution >= 0.6 is 11.6 Å². The van der Waals surface area contributed by atoms with Gasteiger partial charge in [0.2, 0.25) is 0 Å². The molecule has 0 spiro atoms. The smallest absolute Gasteiger partial charge is 0.405 e. The van der Waals surface area contributed by atoms with E-state index < -0.39 is 18.2 Å². The molecular formula is C14H10ClF3O2. The molecule has 0 fully saturated rings. The van der Waals surface area contributed by atoms with E-state index in [9.17, 15) is 18.3 Å². The van der Waals surface area contributed by atoms with Crippen LogP contribution in [0.1, 0.15) is 17.2 Å². The van der Waals surface area contributed by atoms with Crippen molar-refractivity contribution in [3.8, 4) is 5.75 Å². The number of alkyl halides is 3. The second-order valence-corrected chi connectivity index (χ2v) is 4.42. The summed E-state index contributed by atoms with van der Waals surface area (Å²) in [5.41, 5.74) is 0.310. The Morgan fingerprint density at radius 1 is 0.950 bits per heavy atom. The van der Waals surface area contributed by atoms with Gasteiger partial charge in [-0.05, 0) is 12.1 Å². The Labute approximate surface area is 118 Å². The third kappa shape index (κ3) is 3.43. The highest BCUT2D eigenvalue weighted by Gasteiger charge is 2.33. The number of aliphatic hydroxyl groups excluding tert-OH is 1. The van der Waals surface area contributed by atoms with E-state index in [4.69, 9.17) is 11.6 Å². The van der Waals surface area contributed by atoms with Gasteiger partial charge in [-0.15, -0.1) is 13.2 Å². The average Bonchev–Trinajstić information content (AvgIpc) is 2.37. The highest BCUT2D eigenvalue weighted by Crippen LogP contribution is 2.35. The zero-order valence-electron chi connectivity index (χ0n) is 10.1. The van der Waals surface area contributed by atoms with Gasteiger partial charge in [-0.1, -0.05) is 48.0 Å². The van der Waals surface area contributed by atoms with Crippen molar-refractivity contribution in [2.75, 3.05) is 0 Å². The lowest BCUT2D eigenvalue weighted by molar-refractivity contribution is -0.275. The van der Waals surface area contributed by atoms with Crippen LogP contribution in [0.2, 0.25) is 5.02 Å². The Morgan fingerprint density at radius 2 is 1.50 bits per heavy atom. The van der Waals surface area contributed by atoms with Crippen LogP contribution in [0.25, 0.3) is 0 Å². The molecule has 0 saturated carbocycles. The molecule has 0 amide bonds. The SMILES string of the molecule is OC(c1ccccc1Cl)c1ccccc1OC(F)(F)F. The number of aliphatic hydroxyl groups is 1. The molecule has 6 heteroatoms. The molecule has 2 aromatic rings. The van der Waals surface area contributed by atoms with Gasteiger partial charge in [0, 0.05) is 16.1 Å². The van der Waals surface area contributed by atoms with Gasteiger partial charge in [0.05, 0.1) is 0 Å². The summed E-state index contributed by atoms with van der Waals surface area (Å²) in [4.78, 5) is 0. The largest absolute Gasteiger partial charge is 0.573 e. The minimum Gasteiger partial charge on any atom is -0.405 e. The summed E-state index contributed by atoms with van der Waals surface area (Å²) in [5, 5.41) is 10.5. The van der Waals surface area contributed by atoms with Crippen molar-refractivity contribution >= 4 is 11.6 Å². The molecular weight excluding hydrogens is 293 g/mol. The van der Waals surface area contributed by atoms with Crippen LogP contribution in [-0.2, 0) is 0 Å². The van der Waals surface area contributed by atoms with Crippen LogP contribution in [0, 0.1) is 0 Å². The van der Waals surface area contributed by atoms with E-state index in [1.165, 1.54) is 24.3 Å². The van der Waals surface area contributed by atoms with E-state index >= 15 is 0 Å². The number of para-hydroxylation sites is 1. The third-order valence-corrected chi connectivity index (χ3v) is 2.98. The molecule has 2 nitrogen and oxygen atoms in total. The van der Waals surface area contributed by atoms with E-state index in [1.807, 2.05) is 0 Å². The van der Waals surface area contributed by atoms with Crippen molar-refractivity contribution < 1.29 is 23.0 Å². The second-order valence-electron chi connectivity index (χ2n) is 4.01. The lowest BCUT2D eigenvalue weighted by Crippen LogP contribution is -2.18. The zero-order chi connectivity index (χ0) is 14.8. The predicted molar refractivity (Wildman–Crippen MR) is 68.6 cm³/mol. The number of halogens is 4. The minimum atomic E-state index is -4.82. The number of rotatable bonds is 3. The maximum absolute atomic E-state index is 12.3. The molecule has 20 heavy (non-hydrogen) atoms. The molecule has 0 aliphatic heterocycles. The predicted octanol–water partition coefficient (Wildman–Crippen LogP) is 4.32. The van der Waals surface area contributed by atoms with Crippen molar-refractivity contribution in [3.05, 3.63) is 64.7 Å². The second kappa shape index (κ2) is 5.73. The molecule has 1 unspecified atom stereocenters. The van der Waals surface area contributed by atoms with Crippen molar-refractivity contribution in [1.29, 1.82) is 0 Å². The lowest BCUT2D eigenvalue weighted by atomic mass is 10.0. The Bertz CT molecular complexity index is 599. The Balaban J connectivity index is 2.40. The quantitative estimate of drug-likeness (QED) is 0.915. The Morgan fingerprint density at radius 3 is 2.10 bits per heavy atom. The fraction of sp³-hybridized carbons (Fsp3) is 0.143. The van der Waals surface area contributed by atoms with Crippen LogP contribution < -0.4 is 4.74 Å². The van der Waals surface area contributed by atoms with Gasteiger partial charge >= 0.3 is 6.36 Å². The number of ether oxygens (including phenoxy) is 1. The first kappa shape index (κ1) is 14.7. The van der Waals surface area contributed by atoms with Crippen LogP contribution in [0.5, 0.6) is 5.75 Å². The fourth-order valence-electron chi connectivity index (χ4n) is 1.79. The van der Waals surface area contributed by atoms with Gasteiger partial charge in [-0.3, -0.25) is 0 Å². The van der Waals surface area contributed by atoms with Crippen molar-refractivity contribution in [2.45, 2.75) is 12.5 Å². The summed E-state index contributed by atoms with van der Waals surface area (Å²) < 4.78 is 40.9. The molecule has 0 bridgehead atoms. The molecule has 106 valence electrons. The number of hydrogen-bond acceptors (Lipinski definition) is 2. The summed E-state index contributed by atoms with van der Waals surface area (Å²) >= 11 is 5.93.